The van der Waals surface area contributed by atoms with Gasteiger partial charge in [0.25, 0.3) is 0 Å². The largest absolute Gasteiger partial charge is 0.508 e. The second-order valence-electron chi connectivity index (χ2n) is 4.04. The van der Waals surface area contributed by atoms with E-state index >= 15 is 0 Å². The first-order valence-corrected chi connectivity index (χ1v) is 7.29. The summed E-state index contributed by atoms with van der Waals surface area (Å²) < 4.78 is 3.42. The van der Waals surface area contributed by atoms with E-state index in [9.17, 15) is 10.2 Å². The van der Waals surface area contributed by atoms with Crippen LogP contribution in [0.4, 0.5) is 0 Å². The van der Waals surface area contributed by atoms with E-state index in [2.05, 4.69) is 43.6 Å². The molecule has 2 N–H and O–H groups in total. The molecule has 0 atom stereocenters. The van der Waals surface area contributed by atoms with Crippen molar-refractivity contribution in [2.75, 3.05) is 0 Å². The van der Waals surface area contributed by atoms with E-state index in [1.54, 1.807) is 41.1 Å². The fraction of sp³-hybridized carbons (Fsp3) is 0. The van der Waals surface area contributed by atoms with Crippen molar-refractivity contribution in [3.05, 3.63) is 44.6 Å². The Morgan fingerprint density at radius 3 is 2.42 bits per heavy atom. The highest BCUT2D eigenvalue weighted by atomic mass is 127. The molecule has 2 aromatic carbocycles. The molecule has 0 bridgehead atoms. The number of halogens is 2. The first kappa shape index (κ1) is 12.7. The summed E-state index contributed by atoms with van der Waals surface area (Å²) in [4.78, 5) is 0. The van der Waals surface area contributed by atoms with E-state index in [-0.39, 0.29) is 11.5 Å². The molecule has 0 radical (unpaired) electrons. The number of nitrogens with zero attached hydrogens (tertiary/aromatic N) is 2. The third-order valence-corrected chi connectivity index (χ3v) is 4.39. The molecule has 1 heterocycles. The molecular weight excluding hydrogens is 423 g/mol. The quantitative estimate of drug-likeness (QED) is 0.577. The maximum atomic E-state index is 9.65. The molecular formula is C13H8BrIN2O2. The van der Waals surface area contributed by atoms with Crippen LogP contribution >= 0.6 is 38.5 Å². The van der Waals surface area contributed by atoms with E-state index in [1.165, 1.54) is 0 Å². The average molecular weight is 431 g/mol. The Labute approximate surface area is 130 Å². The molecule has 0 aliphatic rings. The SMILES string of the molecule is Oc1ccc(-n2nc3c(Br)cc(O)cc3c2I)cc1. The van der Waals surface area contributed by atoms with E-state index < -0.39 is 0 Å². The fourth-order valence-corrected chi connectivity index (χ4v) is 3.19. The van der Waals surface area contributed by atoms with Crippen LogP contribution in [0.5, 0.6) is 11.5 Å². The lowest BCUT2D eigenvalue weighted by Crippen LogP contribution is -1.97. The summed E-state index contributed by atoms with van der Waals surface area (Å²) in [6.07, 6.45) is 0. The van der Waals surface area contributed by atoms with Gasteiger partial charge in [0.05, 0.1) is 5.69 Å². The molecule has 4 nitrogen and oxygen atoms in total. The standard InChI is InChI=1S/C13H8BrIN2O2/c14-11-6-9(19)5-10-12(11)16-17(13(10)15)7-1-3-8(18)4-2-7/h1-6,18-19H. The molecule has 0 saturated heterocycles. The lowest BCUT2D eigenvalue weighted by atomic mass is 10.2. The molecule has 0 amide bonds. The van der Waals surface area contributed by atoms with Crippen molar-refractivity contribution in [2.45, 2.75) is 0 Å². The lowest BCUT2D eigenvalue weighted by Gasteiger charge is -2.02. The smallest absolute Gasteiger partial charge is 0.117 e. The molecule has 96 valence electrons. The Hall–Kier alpha value is -1.28. The molecule has 0 spiro atoms. The number of rotatable bonds is 1. The Kier molecular flexibility index (Phi) is 3.14. The molecule has 0 unspecified atom stereocenters. The predicted octanol–water partition coefficient (Wildman–Crippen LogP) is 3.80. The van der Waals surface area contributed by atoms with Crippen molar-refractivity contribution < 1.29 is 10.2 Å². The molecule has 19 heavy (non-hydrogen) atoms. The number of hydrogen-bond donors (Lipinski definition) is 2. The van der Waals surface area contributed by atoms with Crippen molar-refractivity contribution >= 4 is 49.4 Å². The summed E-state index contributed by atoms with van der Waals surface area (Å²) in [6, 6.07) is 10.1. The van der Waals surface area contributed by atoms with Crippen LogP contribution in [0.2, 0.25) is 0 Å². The number of aromatic nitrogens is 2. The van der Waals surface area contributed by atoms with Crippen molar-refractivity contribution in [1.29, 1.82) is 0 Å². The van der Waals surface area contributed by atoms with Crippen LogP contribution in [0.3, 0.4) is 0 Å². The number of hydrogen-bond acceptors (Lipinski definition) is 3. The zero-order valence-electron chi connectivity index (χ0n) is 9.51. The third kappa shape index (κ3) is 2.18. The normalized spacial score (nSPS) is 11.1. The minimum atomic E-state index is 0.197. The summed E-state index contributed by atoms with van der Waals surface area (Å²) >= 11 is 5.59. The van der Waals surface area contributed by atoms with Crippen molar-refractivity contribution in [2.24, 2.45) is 0 Å². The van der Waals surface area contributed by atoms with Crippen LogP contribution in [0.1, 0.15) is 0 Å². The Morgan fingerprint density at radius 1 is 1.05 bits per heavy atom. The number of phenolic OH excluding ortho intramolecular Hbond substituents is 2. The molecule has 0 fully saturated rings. The van der Waals surface area contributed by atoms with Crippen LogP contribution < -0.4 is 0 Å². The number of aromatic hydroxyl groups is 2. The Balaban J connectivity index is 2.28. The maximum Gasteiger partial charge on any atom is 0.117 e. The molecule has 1 aromatic heterocycles. The van der Waals surface area contributed by atoms with E-state index in [4.69, 9.17) is 0 Å². The van der Waals surface area contributed by atoms with Gasteiger partial charge < -0.3 is 10.2 Å². The lowest BCUT2D eigenvalue weighted by molar-refractivity contribution is 0.475. The van der Waals surface area contributed by atoms with Crippen molar-refractivity contribution in [1.82, 2.24) is 9.78 Å². The number of phenols is 2. The van der Waals surface area contributed by atoms with Crippen molar-refractivity contribution in [3.8, 4) is 17.2 Å². The summed E-state index contributed by atoms with van der Waals surface area (Å²) in [5, 5.41) is 24.4. The second kappa shape index (κ2) is 4.68. The molecule has 3 rings (SSSR count). The zero-order chi connectivity index (χ0) is 13.6. The highest BCUT2D eigenvalue weighted by Gasteiger charge is 2.13. The van der Waals surface area contributed by atoms with E-state index in [1.807, 2.05) is 0 Å². The van der Waals surface area contributed by atoms with Crippen LogP contribution in [-0.2, 0) is 0 Å². The van der Waals surface area contributed by atoms with E-state index in [0.29, 0.717) is 0 Å². The number of fused-ring (bicyclic) bond motifs is 1. The van der Waals surface area contributed by atoms with Gasteiger partial charge in [-0.15, -0.1) is 0 Å². The van der Waals surface area contributed by atoms with Gasteiger partial charge in [-0.25, -0.2) is 4.68 Å². The highest BCUT2D eigenvalue weighted by molar-refractivity contribution is 14.1. The summed E-state index contributed by atoms with van der Waals surface area (Å²) in [6.45, 7) is 0. The van der Waals surface area contributed by atoms with Crippen molar-refractivity contribution in [3.63, 3.8) is 0 Å². The van der Waals surface area contributed by atoms with Gasteiger partial charge in [-0.2, -0.15) is 5.10 Å². The summed E-state index contributed by atoms with van der Waals surface area (Å²) in [5.74, 6) is 0.414. The highest BCUT2D eigenvalue weighted by Crippen LogP contribution is 2.32. The molecule has 6 heteroatoms. The zero-order valence-corrected chi connectivity index (χ0v) is 13.3. The van der Waals surface area contributed by atoms with Gasteiger partial charge in [-0.3, -0.25) is 0 Å². The topological polar surface area (TPSA) is 58.3 Å². The fourth-order valence-electron chi connectivity index (χ4n) is 1.87. The van der Waals surface area contributed by atoms with Gasteiger partial charge in [0, 0.05) is 9.86 Å². The van der Waals surface area contributed by atoms with Gasteiger partial charge >= 0.3 is 0 Å². The monoisotopic (exact) mass is 430 g/mol. The van der Waals surface area contributed by atoms with E-state index in [0.717, 1.165) is 24.8 Å². The minimum Gasteiger partial charge on any atom is -0.508 e. The first-order chi connectivity index (χ1) is 9.06. The third-order valence-electron chi connectivity index (χ3n) is 2.75. The maximum absolute atomic E-state index is 9.65. The average Bonchev–Trinajstić information content (AvgIpc) is 2.69. The Morgan fingerprint density at radius 2 is 1.74 bits per heavy atom. The van der Waals surface area contributed by atoms with Crippen LogP contribution in [0.15, 0.2) is 40.9 Å². The predicted molar refractivity (Wildman–Crippen MR) is 84.8 cm³/mol. The molecule has 0 aliphatic heterocycles. The molecule has 0 aliphatic carbocycles. The Bertz CT molecular complexity index is 768. The van der Waals surface area contributed by atoms with Gasteiger partial charge in [-0.05, 0) is 74.9 Å². The summed E-state index contributed by atoms with van der Waals surface area (Å²) in [7, 11) is 0. The van der Waals surface area contributed by atoms with Crippen LogP contribution in [-0.4, -0.2) is 20.0 Å². The van der Waals surface area contributed by atoms with Crippen LogP contribution in [0.25, 0.3) is 16.6 Å². The second-order valence-corrected chi connectivity index (χ2v) is 5.92. The molecule has 3 aromatic rings. The molecule has 0 saturated carbocycles. The van der Waals surface area contributed by atoms with Gasteiger partial charge in [-0.1, -0.05) is 0 Å². The minimum absolute atomic E-state index is 0.197. The first-order valence-electron chi connectivity index (χ1n) is 5.42. The van der Waals surface area contributed by atoms with Gasteiger partial charge in [0.2, 0.25) is 0 Å². The van der Waals surface area contributed by atoms with Crippen LogP contribution in [0, 0.1) is 3.70 Å². The summed E-state index contributed by atoms with van der Waals surface area (Å²) in [5.41, 5.74) is 1.64. The number of benzene rings is 2. The van der Waals surface area contributed by atoms with Gasteiger partial charge in [0.1, 0.15) is 20.7 Å². The van der Waals surface area contributed by atoms with Gasteiger partial charge in [0.15, 0.2) is 0 Å².